The molecule has 0 aliphatic heterocycles. The lowest BCUT2D eigenvalue weighted by Gasteiger charge is -2.05. The lowest BCUT2D eigenvalue weighted by atomic mass is 10.6. The van der Waals surface area contributed by atoms with Crippen molar-refractivity contribution in [1.82, 2.24) is 16.2 Å². The van der Waals surface area contributed by atoms with Gasteiger partial charge in [0, 0.05) is 7.05 Å². The van der Waals surface area contributed by atoms with Gasteiger partial charge in [-0.25, -0.2) is 0 Å². The zero-order valence-corrected chi connectivity index (χ0v) is 6.62. The molecule has 0 saturated heterocycles. The normalized spacial score (nSPS) is 8.09. The maximum Gasteiger partial charge on any atom is 0.327 e. The van der Waals surface area contributed by atoms with Crippen LogP contribution in [0.1, 0.15) is 0 Å². The quantitative estimate of drug-likeness (QED) is 0.187. The molecule has 62 valence electrons. The van der Waals surface area contributed by atoms with Gasteiger partial charge < -0.3 is 11.1 Å². The molecule has 0 aliphatic rings. The minimum absolute atomic E-state index is 0.194. The molecule has 0 fully saturated rings. The van der Waals surface area contributed by atoms with E-state index < -0.39 is 11.8 Å². The molecule has 11 heavy (non-hydrogen) atoms. The number of primary amides is 1. The van der Waals surface area contributed by atoms with E-state index in [2.05, 4.69) is 28.7 Å². The van der Waals surface area contributed by atoms with Crippen LogP contribution in [-0.2, 0) is 9.59 Å². The van der Waals surface area contributed by atoms with E-state index in [1.807, 2.05) is 5.43 Å². The third kappa shape index (κ3) is 4.09. The second-order valence-corrected chi connectivity index (χ2v) is 1.93. The number of amides is 2. The van der Waals surface area contributed by atoms with E-state index in [9.17, 15) is 9.59 Å². The number of hydrazine groups is 1. The van der Waals surface area contributed by atoms with Crippen molar-refractivity contribution >= 4 is 29.1 Å². The standard InChI is InChI=1S/C4H8N4O2S/c1-6-4(11)8-7-3(10)2(5)9/h1H3,(H2,5,9)(H,7,10)(H2,6,8,11). The molecular formula is C4H8N4O2S. The largest absolute Gasteiger partial charge is 0.364 e. The summed E-state index contributed by atoms with van der Waals surface area (Å²) in [4.78, 5) is 20.5. The Kier molecular flexibility index (Phi) is 3.89. The first kappa shape index (κ1) is 9.63. The highest BCUT2D eigenvalue weighted by Crippen LogP contribution is 1.60. The molecule has 0 bridgehead atoms. The molecule has 7 heteroatoms. The van der Waals surface area contributed by atoms with Crippen LogP contribution in [-0.4, -0.2) is 24.0 Å². The van der Waals surface area contributed by atoms with Gasteiger partial charge in [0.2, 0.25) is 0 Å². The molecule has 0 rings (SSSR count). The SMILES string of the molecule is CNC(=S)NNC(=O)C(N)=O. The highest BCUT2D eigenvalue weighted by atomic mass is 32.1. The third-order valence-electron chi connectivity index (χ3n) is 0.740. The summed E-state index contributed by atoms with van der Waals surface area (Å²) in [6, 6.07) is 0. The van der Waals surface area contributed by atoms with Crippen molar-refractivity contribution in [1.29, 1.82) is 0 Å². The summed E-state index contributed by atoms with van der Waals surface area (Å²) in [6.45, 7) is 0. The smallest absolute Gasteiger partial charge is 0.327 e. The number of rotatable bonds is 0. The highest BCUT2D eigenvalue weighted by Gasteiger charge is 2.06. The average molecular weight is 176 g/mol. The van der Waals surface area contributed by atoms with Crippen LogP contribution in [0.2, 0.25) is 0 Å². The van der Waals surface area contributed by atoms with Crippen LogP contribution in [0.3, 0.4) is 0 Å². The van der Waals surface area contributed by atoms with Crippen molar-refractivity contribution in [2.75, 3.05) is 7.05 Å². The van der Waals surface area contributed by atoms with Crippen molar-refractivity contribution in [2.45, 2.75) is 0 Å². The minimum Gasteiger partial charge on any atom is -0.364 e. The first-order valence-electron chi connectivity index (χ1n) is 2.65. The summed E-state index contributed by atoms with van der Waals surface area (Å²) in [5, 5.41) is 2.71. The molecule has 0 radical (unpaired) electrons. The van der Waals surface area contributed by atoms with Gasteiger partial charge in [-0.15, -0.1) is 0 Å². The molecule has 0 unspecified atom stereocenters. The summed E-state index contributed by atoms with van der Waals surface area (Å²) < 4.78 is 0. The van der Waals surface area contributed by atoms with Gasteiger partial charge in [0.1, 0.15) is 0 Å². The van der Waals surface area contributed by atoms with E-state index in [1.165, 1.54) is 0 Å². The molecule has 5 N–H and O–H groups in total. The fraction of sp³-hybridized carbons (Fsp3) is 0.250. The molecule has 0 saturated carbocycles. The number of carbonyl (C=O) groups is 2. The van der Waals surface area contributed by atoms with Gasteiger partial charge in [-0.1, -0.05) is 0 Å². The van der Waals surface area contributed by atoms with Gasteiger partial charge in [-0.2, -0.15) is 0 Å². The van der Waals surface area contributed by atoms with Gasteiger partial charge in [-0.05, 0) is 12.2 Å². The number of nitrogens with one attached hydrogen (secondary N) is 3. The van der Waals surface area contributed by atoms with E-state index in [0.29, 0.717) is 0 Å². The Morgan fingerprint density at radius 3 is 2.27 bits per heavy atom. The molecule has 0 aromatic heterocycles. The molecule has 6 nitrogen and oxygen atoms in total. The van der Waals surface area contributed by atoms with Crippen molar-refractivity contribution in [3.63, 3.8) is 0 Å². The van der Waals surface area contributed by atoms with Crippen LogP contribution < -0.4 is 21.9 Å². The van der Waals surface area contributed by atoms with Crippen molar-refractivity contribution in [3.8, 4) is 0 Å². The van der Waals surface area contributed by atoms with E-state index in [-0.39, 0.29) is 5.11 Å². The van der Waals surface area contributed by atoms with Gasteiger partial charge in [-0.3, -0.25) is 20.4 Å². The fourth-order valence-electron chi connectivity index (χ4n) is 0.238. The number of thiocarbonyl (C=S) groups is 1. The van der Waals surface area contributed by atoms with Gasteiger partial charge in [0.25, 0.3) is 0 Å². The van der Waals surface area contributed by atoms with Crippen molar-refractivity contribution < 1.29 is 9.59 Å². The second-order valence-electron chi connectivity index (χ2n) is 1.52. The highest BCUT2D eigenvalue weighted by molar-refractivity contribution is 7.80. The number of hydrogen-bond acceptors (Lipinski definition) is 3. The summed E-state index contributed by atoms with van der Waals surface area (Å²) in [6.07, 6.45) is 0. The van der Waals surface area contributed by atoms with Crippen LogP contribution in [0, 0.1) is 0 Å². The van der Waals surface area contributed by atoms with Crippen LogP contribution >= 0.6 is 12.2 Å². The maximum absolute atomic E-state index is 10.4. The lowest BCUT2D eigenvalue weighted by molar-refractivity contribution is -0.137. The van der Waals surface area contributed by atoms with Crippen LogP contribution in [0.25, 0.3) is 0 Å². The third-order valence-corrected chi connectivity index (χ3v) is 1.05. The monoisotopic (exact) mass is 176 g/mol. The zero-order chi connectivity index (χ0) is 8.85. The van der Waals surface area contributed by atoms with E-state index >= 15 is 0 Å². The van der Waals surface area contributed by atoms with Crippen molar-refractivity contribution in [3.05, 3.63) is 0 Å². The van der Waals surface area contributed by atoms with Gasteiger partial charge >= 0.3 is 11.8 Å². The molecule has 0 aromatic rings. The summed E-state index contributed by atoms with van der Waals surface area (Å²) in [7, 11) is 1.56. The zero-order valence-electron chi connectivity index (χ0n) is 5.80. The first-order valence-corrected chi connectivity index (χ1v) is 3.06. The molecule has 2 amide bonds. The van der Waals surface area contributed by atoms with E-state index in [4.69, 9.17) is 0 Å². The predicted octanol–water partition coefficient (Wildman–Crippen LogP) is -2.40. The van der Waals surface area contributed by atoms with E-state index in [0.717, 1.165) is 0 Å². The molecule has 0 aliphatic carbocycles. The Morgan fingerprint density at radius 1 is 1.36 bits per heavy atom. The van der Waals surface area contributed by atoms with Crippen molar-refractivity contribution in [2.24, 2.45) is 5.73 Å². The van der Waals surface area contributed by atoms with Gasteiger partial charge in [0.05, 0.1) is 0 Å². The number of carbonyl (C=O) groups excluding carboxylic acids is 2. The minimum atomic E-state index is -1.07. The lowest BCUT2D eigenvalue weighted by Crippen LogP contribution is -2.49. The summed E-state index contributed by atoms with van der Waals surface area (Å²) >= 11 is 4.57. The Morgan fingerprint density at radius 2 is 1.91 bits per heavy atom. The van der Waals surface area contributed by atoms with Crippen LogP contribution in [0.4, 0.5) is 0 Å². The Balaban J connectivity index is 3.63. The maximum atomic E-state index is 10.4. The summed E-state index contributed by atoms with van der Waals surface area (Å²) in [5.74, 6) is -2.01. The number of hydrogen-bond donors (Lipinski definition) is 4. The van der Waals surface area contributed by atoms with Crippen LogP contribution in [0.5, 0.6) is 0 Å². The predicted molar refractivity (Wildman–Crippen MR) is 42.1 cm³/mol. The summed E-state index contributed by atoms with van der Waals surface area (Å²) in [5.41, 5.74) is 8.81. The van der Waals surface area contributed by atoms with Crippen LogP contribution in [0.15, 0.2) is 0 Å². The fourth-order valence-corrected chi connectivity index (χ4v) is 0.289. The Hall–Kier alpha value is -1.37. The molecule has 0 heterocycles. The Bertz CT molecular complexity index is 193. The van der Waals surface area contributed by atoms with E-state index in [1.54, 1.807) is 7.05 Å². The molecular weight excluding hydrogens is 168 g/mol. The molecule has 0 aromatic carbocycles. The first-order chi connectivity index (χ1) is 5.07. The number of nitrogens with two attached hydrogens (primary N) is 1. The average Bonchev–Trinajstić information content (AvgIpc) is 1.99. The molecule has 0 atom stereocenters. The molecule has 0 spiro atoms. The topological polar surface area (TPSA) is 96.2 Å². The Labute approximate surface area is 68.5 Å². The van der Waals surface area contributed by atoms with Gasteiger partial charge in [0.15, 0.2) is 5.11 Å². The second kappa shape index (κ2) is 4.45.